The van der Waals surface area contributed by atoms with Crippen LogP contribution in [0.4, 0.5) is 0 Å². The molecule has 0 spiro atoms. The molecule has 0 radical (unpaired) electrons. The molecule has 0 aliphatic heterocycles. The molecule has 0 aliphatic carbocycles. The number of allylic oxidation sites excluding steroid dienone is 2. The van der Waals surface area contributed by atoms with Gasteiger partial charge in [0, 0.05) is 5.56 Å². The lowest BCUT2D eigenvalue weighted by molar-refractivity contribution is 1.26. The summed E-state index contributed by atoms with van der Waals surface area (Å²) in [6.07, 6.45) is 4.68. The molecule has 1 aromatic carbocycles. The summed E-state index contributed by atoms with van der Waals surface area (Å²) in [6, 6.07) is 3.59. The third-order valence-corrected chi connectivity index (χ3v) is 3.29. The van der Waals surface area contributed by atoms with Gasteiger partial charge in [-0.05, 0) is 25.0 Å². The largest absolute Gasteiger partial charge is 0.131 e. The predicted octanol–water partition coefficient (Wildman–Crippen LogP) is 4.72. The molecule has 0 unspecified atom stereocenters. The van der Waals surface area contributed by atoms with Gasteiger partial charge in [0.05, 0.1) is 14.2 Å². The number of benzene rings is 1. The van der Waals surface area contributed by atoms with Gasteiger partial charge in [-0.25, -0.2) is 0 Å². The van der Waals surface area contributed by atoms with Crippen molar-refractivity contribution in [1.82, 2.24) is 0 Å². The molecule has 15 heavy (non-hydrogen) atoms. The van der Waals surface area contributed by atoms with Gasteiger partial charge in [-0.15, -0.1) is 12.6 Å². The first kappa shape index (κ1) is 13.0. The molecule has 0 saturated carbocycles. The van der Waals surface area contributed by atoms with Crippen molar-refractivity contribution < 1.29 is 0 Å². The fourth-order valence-electron chi connectivity index (χ4n) is 1.23. The highest BCUT2D eigenvalue weighted by Crippen LogP contribution is 2.30. The van der Waals surface area contributed by atoms with E-state index < -0.39 is 0 Å². The fourth-order valence-corrected chi connectivity index (χ4v) is 2.05. The number of halogens is 2. The van der Waals surface area contributed by atoms with Gasteiger partial charge in [0.1, 0.15) is 0 Å². The molecule has 0 aliphatic rings. The highest BCUT2D eigenvalue weighted by atomic mass is 35.5. The Morgan fingerprint density at radius 1 is 1.47 bits per heavy atom. The average molecular weight is 277 g/mol. The highest BCUT2D eigenvalue weighted by Gasteiger charge is 2.10. The van der Waals surface area contributed by atoms with Gasteiger partial charge in [0.15, 0.2) is 0 Å². The van der Waals surface area contributed by atoms with Crippen molar-refractivity contribution in [2.75, 3.05) is 0 Å². The molecule has 0 amide bonds. The van der Waals surface area contributed by atoms with E-state index in [1.165, 1.54) is 0 Å². The van der Waals surface area contributed by atoms with E-state index in [9.17, 15) is 0 Å². The fraction of sp³-hybridized carbons (Fsp3) is 0.182. The lowest BCUT2D eigenvalue weighted by Crippen LogP contribution is -1.97. The Kier molecular flexibility index (Phi) is 5.13. The molecular formula is C11H10Cl2S2. The van der Waals surface area contributed by atoms with Crippen molar-refractivity contribution in [3.8, 4) is 0 Å². The van der Waals surface area contributed by atoms with Crippen LogP contribution in [0.5, 0.6) is 0 Å². The summed E-state index contributed by atoms with van der Waals surface area (Å²) < 4.78 is 0.535. The minimum Gasteiger partial charge on any atom is -0.131 e. The van der Waals surface area contributed by atoms with Crippen LogP contribution in [0.15, 0.2) is 24.3 Å². The second-order valence-corrected chi connectivity index (χ2v) is 4.91. The van der Waals surface area contributed by atoms with Crippen molar-refractivity contribution in [2.45, 2.75) is 13.3 Å². The number of thiol groups is 1. The molecule has 0 fully saturated rings. The van der Waals surface area contributed by atoms with Crippen molar-refractivity contribution in [1.29, 1.82) is 0 Å². The second kappa shape index (κ2) is 5.90. The van der Waals surface area contributed by atoms with Crippen molar-refractivity contribution in [3.05, 3.63) is 45.5 Å². The van der Waals surface area contributed by atoms with Crippen molar-refractivity contribution >= 4 is 52.2 Å². The third-order valence-electron chi connectivity index (χ3n) is 1.98. The lowest BCUT2D eigenvalue weighted by Gasteiger charge is -2.09. The summed E-state index contributed by atoms with van der Waals surface area (Å²) in [5.41, 5.74) is 1.81. The Balaban J connectivity index is 3.28. The van der Waals surface area contributed by atoms with E-state index in [-0.39, 0.29) is 0 Å². The first-order valence-electron chi connectivity index (χ1n) is 4.39. The number of thiocarbonyl (C=S) groups is 1. The smallest absolute Gasteiger partial charge is 0.0751 e. The minimum absolute atomic E-state index is 0.535. The average Bonchev–Trinajstić information content (AvgIpc) is 2.19. The lowest BCUT2D eigenvalue weighted by atomic mass is 10.1. The zero-order chi connectivity index (χ0) is 11.4. The zero-order valence-corrected chi connectivity index (χ0v) is 11.4. The molecule has 0 bridgehead atoms. The molecule has 0 atom stereocenters. The van der Waals surface area contributed by atoms with Crippen LogP contribution >= 0.6 is 48.0 Å². The first-order chi connectivity index (χ1) is 7.07. The number of rotatable bonds is 3. The maximum absolute atomic E-state index is 6.12. The summed E-state index contributed by atoms with van der Waals surface area (Å²) in [7, 11) is 0. The normalized spacial score (nSPS) is 10.9. The Morgan fingerprint density at radius 3 is 2.67 bits per heavy atom. The van der Waals surface area contributed by atoms with Crippen LogP contribution in [0.2, 0.25) is 10.0 Å². The molecule has 0 nitrogen and oxygen atoms in total. The van der Waals surface area contributed by atoms with E-state index in [2.05, 4.69) is 12.6 Å². The zero-order valence-electron chi connectivity index (χ0n) is 8.13. The van der Waals surface area contributed by atoms with Gasteiger partial charge in [0.2, 0.25) is 0 Å². The predicted molar refractivity (Wildman–Crippen MR) is 75.7 cm³/mol. The summed E-state index contributed by atoms with van der Waals surface area (Å²) >= 11 is 21.3. The molecule has 1 aromatic rings. The van der Waals surface area contributed by atoms with Gasteiger partial charge in [-0.2, -0.15) is 0 Å². The Hall–Kier alpha value is -0.0200. The van der Waals surface area contributed by atoms with Crippen LogP contribution in [-0.4, -0.2) is 4.20 Å². The topological polar surface area (TPSA) is 0 Å². The van der Waals surface area contributed by atoms with E-state index in [0.717, 1.165) is 11.1 Å². The van der Waals surface area contributed by atoms with E-state index in [1.54, 1.807) is 6.07 Å². The monoisotopic (exact) mass is 276 g/mol. The van der Waals surface area contributed by atoms with Crippen LogP contribution in [-0.2, 0) is 6.42 Å². The summed E-state index contributed by atoms with van der Waals surface area (Å²) in [5, 5.41) is 1.10. The van der Waals surface area contributed by atoms with Gasteiger partial charge < -0.3 is 0 Å². The van der Waals surface area contributed by atoms with Crippen molar-refractivity contribution in [3.63, 3.8) is 0 Å². The van der Waals surface area contributed by atoms with Crippen molar-refractivity contribution in [2.24, 2.45) is 0 Å². The summed E-state index contributed by atoms with van der Waals surface area (Å²) in [4.78, 5) is 0. The molecule has 0 saturated heterocycles. The number of hydrogen-bond acceptors (Lipinski definition) is 1. The standard InChI is InChI=1S/C11H10Cl2S2/c1-2-3-4-7-8(11(14)15)5-6-9(12)10(7)13/h2-3,5-6H,4H2,1H3,(H,14,15). The molecule has 0 aromatic heterocycles. The van der Waals surface area contributed by atoms with Gasteiger partial charge in [-0.3, -0.25) is 0 Å². The maximum Gasteiger partial charge on any atom is 0.0751 e. The third kappa shape index (κ3) is 3.22. The quantitative estimate of drug-likeness (QED) is 0.474. The SMILES string of the molecule is CC=CCc1c(C(=S)S)ccc(Cl)c1Cl. The summed E-state index contributed by atoms with van der Waals surface area (Å²) in [5.74, 6) is 0. The Bertz CT molecular complexity index is 411. The van der Waals surface area contributed by atoms with Crippen LogP contribution < -0.4 is 0 Å². The molecular weight excluding hydrogens is 267 g/mol. The molecule has 0 heterocycles. The summed E-state index contributed by atoms with van der Waals surface area (Å²) in [6.45, 7) is 1.96. The number of hydrogen-bond donors (Lipinski definition) is 1. The molecule has 4 heteroatoms. The van der Waals surface area contributed by atoms with E-state index in [1.807, 2.05) is 25.1 Å². The van der Waals surface area contributed by atoms with Gasteiger partial charge in [0.25, 0.3) is 0 Å². The molecule has 80 valence electrons. The van der Waals surface area contributed by atoms with Gasteiger partial charge >= 0.3 is 0 Å². The highest BCUT2D eigenvalue weighted by molar-refractivity contribution is 8.11. The maximum atomic E-state index is 6.12. The minimum atomic E-state index is 0.535. The van der Waals surface area contributed by atoms with E-state index >= 15 is 0 Å². The molecule has 1 rings (SSSR count). The molecule has 0 N–H and O–H groups in total. The van der Waals surface area contributed by atoms with Crippen LogP contribution in [0.3, 0.4) is 0 Å². The van der Waals surface area contributed by atoms with E-state index in [4.69, 9.17) is 35.4 Å². The van der Waals surface area contributed by atoms with Crippen LogP contribution in [0.25, 0.3) is 0 Å². The first-order valence-corrected chi connectivity index (χ1v) is 6.00. The second-order valence-electron chi connectivity index (χ2n) is 2.97. The van der Waals surface area contributed by atoms with Crippen LogP contribution in [0.1, 0.15) is 18.1 Å². The van der Waals surface area contributed by atoms with Crippen LogP contribution in [0, 0.1) is 0 Å². The van der Waals surface area contributed by atoms with E-state index in [0.29, 0.717) is 20.7 Å². The Morgan fingerprint density at radius 2 is 2.13 bits per heavy atom. The Labute approximate surface area is 111 Å². The van der Waals surface area contributed by atoms with Gasteiger partial charge in [-0.1, -0.05) is 53.6 Å².